The monoisotopic (exact) mass is 242 g/mol. The maximum Gasteiger partial charge on any atom is 0.235 e. The topological polar surface area (TPSA) is 44.1 Å². The molecule has 0 spiro atoms. The summed E-state index contributed by atoms with van der Waals surface area (Å²) < 4.78 is 0. The molecule has 4 heteroatoms. The second-order valence-corrected chi connectivity index (χ2v) is 5.22. The van der Waals surface area contributed by atoms with Crippen LogP contribution in [0.25, 0.3) is 0 Å². The Kier molecular flexibility index (Phi) is 8.10. The molecule has 0 bridgehead atoms. The Balaban J connectivity index is 4.41. The Labute approximate surface area is 103 Å². The molecule has 0 aliphatic heterocycles. The summed E-state index contributed by atoms with van der Waals surface area (Å²) >= 11 is 1.56. The van der Waals surface area contributed by atoms with Crippen molar-refractivity contribution in [3.05, 3.63) is 0 Å². The van der Waals surface area contributed by atoms with Crippen LogP contribution < -0.4 is 0 Å². The van der Waals surface area contributed by atoms with Gasteiger partial charge >= 0.3 is 0 Å². The smallest absolute Gasteiger partial charge is 0.235 e. The zero-order valence-electron chi connectivity index (χ0n) is 10.7. The third kappa shape index (κ3) is 5.41. The third-order valence-electron chi connectivity index (χ3n) is 2.51. The molecule has 0 aliphatic rings. The first kappa shape index (κ1) is 15.3. The minimum Gasteiger partial charge on any atom is -0.340 e. The van der Waals surface area contributed by atoms with Gasteiger partial charge in [-0.3, -0.25) is 4.79 Å². The molecule has 0 saturated heterocycles. The van der Waals surface area contributed by atoms with E-state index in [1.54, 1.807) is 11.8 Å². The molecule has 16 heavy (non-hydrogen) atoms. The van der Waals surface area contributed by atoms with Gasteiger partial charge in [0.2, 0.25) is 5.91 Å². The third-order valence-corrected chi connectivity index (χ3v) is 3.42. The molecular weight excluding hydrogens is 220 g/mol. The lowest BCUT2D eigenvalue weighted by Gasteiger charge is -2.26. The minimum absolute atomic E-state index is 0.0113. The van der Waals surface area contributed by atoms with Gasteiger partial charge in [0.15, 0.2) is 0 Å². The molecule has 0 aromatic carbocycles. The fourth-order valence-corrected chi connectivity index (χ4v) is 1.72. The highest BCUT2D eigenvalue weighted by atomic mass is 32.2. The van der Waals surface area contributed by atoms with Gasteiger partial charge < -0.3 is 4.90 Å². The van der Waals surface area contributed by atoms with Gasteiger partial charge in [0.25, 0.3) is 0 Å². The molecule has 0 aromatic rings. The highest BCUT2D eigenvalue weighted by molar-refractivity contribution is 7.99. The van der Waals surface area contributed by atoms with Gasteiger partial charge in [-0.05, 0) is 26.5 Å². The van der Waals surface area contributed by atoms with Crippen LogP contribution in [0, 0.1) is 17.2 Å². The van der Waals surface area contributed by atoms with E-state index in [2.05, 4.69) is 13.0 Å². The number of nitrogens with zero attached hydrogens (tertiary/aromatic N) is 2. The van der Waals surface area contributed by atoms with Crippen molar-refractivity contribution in [2.24, 2.45) is 5.92 Å². The number of carbonyl (C=O) groups excluding carboxylic acids is 1. The van der Waals surface area contributed by atoms with Crippen LogP contribution in [-0.2, 0) is 4.79 Å². The van der Waals surface area contributed by atoms with Crippen molar-refractivity contribution < 1.29 is 4.79 Å². The van der Waals surface area contributed by atoms with E-state index in [4.69, 9.17) is 5.26 Å². The quantitative estimate of drug-likeness (QED) is 0.689. The van der Waals surface area contributed by atoms with Gasteiger partial charge in [0, 0.05) is 13.1 Å². The SMILES string of the molecule is CCCCN(CC(C)C#N)C(=O)C(C)SC. The van der Waals surface area contributed by atoms with E-state index in [-0.39, 0.29) is 17.1 Å². The molecule has 1 amide bonds. The summed E-state index contributed by atoms with van der Waals surface area (Å²) in [5, 5.41) is 8.78. The van der Waals surface area contributed by atoms with Gasteiger partial charge in [-0.15, -0.1) is 0 Å². The van der Waals surface area contributed by atoms with E-state index in [1.165, 1.54) is 0 Å². The molecule has 2 unspecified atom stereocenters. The van der Waals surface area contributed by atoms with Gasteiger partial charge in [0.1, 0.15) is 0 Å². The van der Waals surface area contributed by atoms with Crippen molar-refractivity contribution in [3.8, 4) is 6.07 Å². The molecule has 0 rings (SSSR count). The van der Waals surface area contributed by atoms with Crippen molar-refractivity contribution in [1.82, 2.24) is 4.90 Å². The minimum atomic E-state index is -0.0881. The van der Waals surface area contributed by atoms with Gasteiger partial charge in [-0.1, -0.05) is 13.3 Å². The summed E-state index contributed by atoms with van der Waals surface area (Å²) in [6.45, 7) is 7.21. The summed E-state index contributed by atoms with van der Waals surface area (Å²) in [6, 6.07) is 2.18. The van der Waals surface area contributed by atoms with Crippen LogP contribution in [0.5, 0.6) is 0 Å². The van der Waals surface area contributed by atoms with Gasteiger partial charge in [0.05, 0.1) is 17.2 Å². The zero-order valence-corrected chi connectivity index (χ0v) is 11.5. The molecule has 0 radical (unpaired) electrons. The lowest BCUT2D eigenvalue weighted by Crippen LogP contribution is -2.39. The fraction of sp³-hybridized carbons (Fsp3) is 0.833. The fourth-order valence-electron chi connectivity index (χ4n) is 1.37. The van der Waals surface area contributed by atoms with Crippen molar-refractivity contribution in [3.63, 3.8) is 0 Å². The summed E-state index contributed by atoms with van der Waals surface area (Å²) in [6.07, 6.45) is 4.01. The number of hydrogen-bond acceptors (Lipinski definition) is 3. The average molecular weight is 242 g/mol. The Morgan fingerprint density at radius 3 is 2.56 bits per heavy atom. The van der Waals surface area contributed by atoms with Crippen LogP contribution in [0.15, 0.2) is 0 Å². The Bertz CT molecular complexity index is 250. The van der Waals surface area contributed by atoms with Gasteiger partial charge in [-0.2, -0.15) is 17.0 Å². The predicted octanol–water partition coefficient (Wildman–Crippen LogP) is 2.53. The molecule has 0 heterocycles. The van der Waals surface area contributed by atoms with Crippen LogP contribution in [0.3, 0.4) is 0 Å². The summed E-state index contributed by atoms with van der Waals surface area (Å²) in [5.41, 5.74) is 0. The largest absolute Gasteiger partial charge is 0.340 e. The van der Waals surface area contributed by atoms with Crippen molar-refractivity contribution >= 4 is 17.7 Å². The molecule has 0 aliphatic carbocycles. The standard InChI is InChI=1S/C12H22N2OS/c1-5-6-7-14(9-10(2)8-13)12(15)11(3)16-4/h10-11H,5-7,9H2,1-4H3. The maximum absolute atomic E-state index is 12.0. The number of thioether (sulfide) groups is 1. The first-order valence-corrected chi connectivity index (χ1v) is 7.06. The lowest BCUT2D eigenvalue weighted by atomic mass is 10.1. The van der Waals surface area contributed by atoms with Crippen LogP contribution in [0.2, 0.25) is 0 Å². The predicted molar refractivity (Wildman–Crippen MR) is 69.2 cm³/mol. The first-order valence-electron chi connectivity index (χ1n) is 5.78. The van der Waals surface area contributed by atoms with Crippen LogP contribution in [-0.4, -0.2) is 35.4 Å². The van der Waals surface area contributed by atoms with E-state index in [0.29, 0.717) is 6.54 Å². The lowest BCUT2D eigenvalue weighted by molar-refractivity contribution is -0.130. The summed E-state index contributed by atoms with van der Waals surface area (Å²) in [4.78, 5) is 13.9. The van der Waals surface area contributed by atoms with E-state index >= 15 is 0 Å². The highest BCUT2D eigenvalue weighted by Gasteiger charge is 2.20. The summed E-state index contributed by atoms with van der Waals surface area (Å²) in [7, 11) is 0. The van der Waals surface area contributed by atoms with E-state index in [1.807, 2.05) is 25.0 Å². The zero-order chi connectivity index (χ0) is 12.6. The number of nitriles is 1. The Morgan fingerprint density at radius 1 is 1.50 bits per heavy atom. The molecule has 92 valence electrons. The van der Waals surface area contributed by atoms with E-state index < -0.39 is 0 Å². The normalized spacial score (nSPS) is 13.9. The van der Waals surface area contributed by atoms with Crippen LogP contribution >= 0.6 is 11.8 Å². The molecule has 0 saturated carbocycles. The average Bonchev–Trinajstić information content (AvgIpc) is 2.31. The molecule has 2 atom stereocenters. The number of rotatable bonds is 7. The maximum atomic E-state index is 12.0. The molecule has 0 aromatic heterocycles. The number of hydrogen-bond donors (Lipinski definition) is 0. The van der Waals surface area contributed by atoms with Crippen LogP contribution in [0.4, 0.5) is 0 Å². The second-order valence-electron chi connectivity index (χ2n) is 4.05. The number of unbranched alkanes of at least 4 members (excludes halogenated alkanes) is 1. The molecule has 3 nitrogen and oxygen atoms in total. The second kappa shape index (κ2) is 8.46. The van der Waals surface area contributed by atoms with Crippen molar-refractivity contribution in [2.45, 2.75) is 38.9 Å². The Morgan fingerprint density at radius 2 is 2.12 bits per heavy atom. The number of carbonyl (C=O) groups is 1. The molecular formula is C12H22N2OS. The van der Waals surface area contributed by atoms with Gasteiger partial charge in [-0.25, -0.2) is 0 Å². The first-order chi connectivity index (χ1) is 7.56. The molecule has 0 fully saturated rings. The molecule has 0 N–H and O–H groups in total. The van der Waals surface area contributed by atoms with Crippen molar-refractivity contribution in [2.75, 3.05) is 19.3 Å². The highest BCUT2D eigenvalue weighted by Crippen LogP contribution is 2.12. The van der Waals surface area contributed by atoms with E-state index in [9.17, 15) is 4.79 Å². The Hall–Kier alpha value is -0.690. The number of amides is 1. The summed E-state index contributed by atoms with van der Waals surface area (Å²) in [5.74, 6) is 0.0675. The van der Waals surface area contributed by atoms with Crippen LogP contribution in [0.1, 0.15) is 33.6 Å². The van der Waals surface area contributed by atoms with Crippen molar-refractivity contribution in [1.29, 1.82) is 5.26 Å². The van der Waals surface area contributed by atoms with E-state index in [0.717, 1.165) is 19.4 Å².